The zero-order chi connectivity index (χ0) is 15.0. The molecule has 1 aromatic rings. The van der Waals surface area contributed by atoms with E-state index in [0.717, 1.165) is 11.1 Å². The third kappa shape index (κ3) is 2.55. The van der Waals surface area contributed by atoms with E-state index in [1.807, 2.05) is 6.08 Å². The van der Waals surface area contributed by atoms with Crippen molar-refractivity contribution in [3.63, 3.8) is 0 Å². The van der Waals surface area contributed by atoms with Gasteiger partial charge < -0.3 is 9.80 Å². The van der Waals surface area contributed by atoms with Gasteiger partial charge in [-0.05, 0) is 29.7 Å². The lowest BCUT2D eigenvalue weighted by atomic mass is 10.1. The Hall–Kier alpha value is -2.17. The first kappa shape index (κ1) is 13.8. The molecule has 1 fully saturated rings. The Morgan fingerprint density at radius 1 is 1.29 bits per heavy atom. The molecule has 4 nitrogen and oxygen atoms in total. The van der Waals surface area contributed by atoms with Crippen LogP contribution in [0.25, 0.3) is 5.57 Å². The van der Waals surface area contributed by atoms with Crippen molar-refractivity contribution in [2.45, 2.75) is 18.9 Å². The van der Waals surface area contributed by atoms with E-state index in [1.165, 1.54) is 17.0 Å². The largest absolute Gasteiger partial charge is 0.334 e. The van der Waals surface area contributed by atoms with Gasteiger partial charge in [0.05, 0.1) is 0 Å². The predicted molar refractivity (Wildman–Crippen MR) is 76.7 cm³/mol. The van der Waals surface area contributed by atoms with E-state index in [9.17, 15) is 14.0 Å². The van der Waals surface area contributed by atoms with Gasteiger partial charge in [0, 0.05) is 26.6 Å². The van der Waals surface area contributed by atoms with Gasteiger partial charge in [0.1, 0.15) is 11.9 Å². The van der Waals surface area contributed by atoms with Crippen molar-refractivity contribution in [2.24, 2.45) is 0 Å². The normalized spacial score (nSPS) is 21.9. The van der Waals surface area contributed by atoms with E-state index >= 15 is 0 Å². The molecule has 0 N–H and O–H groups in total. The van der Waals surface area contributed by atoms with Gasteiger partial charge in [0.15, 0.2) is 0 Å². The average molecular weight is 288 g/mol. The summed E-state index contributed by atoms with van der Waals surface area (Å²) >= 11 is 0. The number of likely N-dealkylation sites (tertiary alicyclic amines) is 1. The Kier molecular flexibility index (Phi) is 3.49. The van der Waals surface area contributed by atoms with Crippen LogP contribution in [0.15, 0.2) is 30.3 Å². The molecule has 1 unspecified atom stereocenters. The lowest BCUT2D eigenvalue weighted by molar-refractivity contribution is -0.139. The molecule has 1 atom stereocenters. The van der Waals surface area contributed by atoms with Gasteiger partial charge in [-0.3, -0.25) is 9.59 Å². The number of rotatable bonds is 2. The Morgan fingerprint density at radius 3 is 2.62 bits per heavy atom. The van der Waals surface area contributed by atoms with Crippen LogP contribution in [0.1, 0.15) is 18.4 Å². The highest BCUT2D eigenvalue weighted by Crippen LogP contribution is 2.25. The van der Waals surface area contributed by atoms with Crippen molar-refractivity contribution >= 4 is 17.4 Å². The molecule has 110 valence electrons. The van der Waals surface area contributed by atoms with Gasteiger partial charge in [0.2, 0.25) is 11.8 Å². The van der Waals surface area contributed by atoms with Gasteiger partial charge in [0.25, 0.3) is 0 Å². The summed E-state index contributed by atoms with van der Waals surface area (Å²) in [6, 6.07) is 5.95. The lowest BCUT2D eigenvalue weighted by Crippen LogP contribution is -2.44. The maximum Gasteiger partial charge on any atom is 0.245 e. The number of hydrogen-bond acceptors (Lipinski definition) is 2. The molecule has 2 aliphatic rings. The summed E-state index contributed by atoms with van der Waals surface area (Å²) in [5.74, 6) is -0.243. The van der Waals surface area contributed by atoms with E-state index in [1.54, 1.807) is 24.1 Å². The summed E-state index contributed by atoms with van der Waals surface area (Å²) in [6.07, 6.45) is 3.03. The van der Waals surface area contributed by atoms with E-state index in [0.29, 0.717) is 25.9 Å². The first-order valence-corrected chi connectivity index (χ1v) is 7.05. The van der Waals surface area contributed by atoms with Crippen molar-refractivity contribution in [3.8, 4) is 0 Å². The maximum atomic E-state index is 12.9. The molecule has 0 radical (unpaired) electrons. The van der Waals surface area contributed by atoms with Crippen LogP contribution >= 0.6 is 0 Å². The van der Waals surface area contributed by atoms with Crippen molar-refractivity contribution in [1.29, 1.82) is 0 Å². The second-order valence-corrected chi connectivity index (χ2v) is 5.51. The Bertz CT molecular complexity index is 609. The predicted octanol–water partition coefficient (Wildman–Crippen LogP) is 1.67. The smallest absolute Gasteiger partial charge is 0.245 e. The molecule has 1 saturated heterocycles. The highest BCUT2D eigenvalue weighted by Gasteiger charge is 2.36. The van der Waals surface area contributed by atoms with E-state index < -0.39 is 0 Å². The third-order valence-electron chi connectivity index (χ3n) is 4.22. The number of benzene rings is 1. The summed E-state index contributed by atoms with van der Waals surface area (Å²) in [6.45, 7) is 1.06. The molecule has 3 rings (SSSR count). The fourth-order valence-corrected chi connectivity index (χ4v) is 2.90. The van der Waals surface area contributed by atoms with Crippen LogP contribution in [0.3, 0.4) is 0 Å². The first-order valence-electron chi connectivity index (χ1n) is 7.05. The van der Waals surface area contributed by atoms with Crippen LogP contribution in [0, 0.1) is 5.82 Å². The van der Waals surface area contributed by atoms with Crippen LogP contribution in [0.4, 0.5) is 4.39 Å². The average Bonchev–Trinajstić information content (AvgIpc) is 3.08. The summed E-state index contributed by atoms with van der Waals surface area (Å²) in [7, 11) is 1.68. The van der Waals surface area contributed by atoms with Crippen molar-refractivity contribution in [2.75, 3.05) is 20.1 Å². The van der Waals surface area contributed by atoms with E-state index in [4.69, 9.17) is 0 Å². The van der Waals surface area contributed by atoms with Crippen molar-refractivity contribution in [1.82, 2.24) is 9.80 Å². The molecule has 0 saturated carbocycles. The molecule has 0 aromatic heterocycles. The molecular weight excluding hydrogens is 271 g/mol. The van der Waals surface area contributed by atoms with Crippen molar-refractivity contribution < 1.29 is 14.0 Å². The Labute approximate surface area is 122 Å². The standard InChI is InChI=1S/C16H17FN2O2/c1-18-14(6-7-15(18)20)16(21)19-9-8-12(10-19)11-2-4-13(17)5-3-11/h2-5,8,14H,6-7,9-10H2,1H3. The zero-order valence-corrected chi connectivity index (χ0v) is 11.9. The van der Waals surface area contributed by atoms with E-state index in [-0.39, 0.29) is 23.7 Å². The molecule has 1 aromatic carbocycles. The molecule has 2 amide bonds. The fraction of sp³-hybridized carbons (Fsp3) is 0.375. The molecule has 0 bridgehead atoms. The van der Waals surface area contributed by atoms with Crippen LogP contribution in [0.2, 0.25) is 0 Å². The second kappa shape index (κ2) is 5.31. The molecule has 2 heterocycles. The summed E-state index contributed by atoms with van der Waals surface area (Å²) < 4.78 is 12.9. The number of carbonyl (C=O) groups excluding carboxylic acids is 2. The zero-order valence-electron chi connectivity index (χ0n) is 11.9. The Balaban J connectivity index is 1.67. The second-order valence-electron chi connectivity index (χ2n) is 5.51. The summed E-state index contributed by atoms with van der Waals surface area (Å²) in [5, 5.41) is 0. The number of halogens is 1. The summed E-state index contributed by atoms with van der Waals surface area (Å²) in [5.41, 5.74) is 1.96. The maximum absolute atomic E-state index is 12.9. The summed E-state index contributed by atoms with van der Waals surface area (Å²) in [4.78, 5) is 27.3. The van der Waals surface area contributed by atoms with Crippen LogP contribution in [0.5, 0.6) is 0 Å². The van der Waals surface area contributed by atoms with Crippen LogP contribution < -0.4 is 0 Å². The Morgan fingerprint density at radius 2 is 2.00 bits per heavy atom. The molecule has 2 aliphatic heterocycles. The van der Waals surface area contributed by atoms with Gasteiger partial charge in [-0.15, -0.1) is 0 Å². The lowest BCUT2D eigenvalue weighted by Gasteiger charge is -2.25. The number of amides is 2. The van der Waals surface area contributed by atoms with E-state index in [2.05, 4.69) is 0 Å². The fourth-order valence-electron chi connectivity index (χ4n) is 2.90. The van der Waals surface area contributed by atoms with Gasteiger partial charge >= 0.3 is 0 Å². The van der Waals surface area contributed by atoms with Gasteiger partial charge in [-0.2, -0.15) is 0 Å². The molecule has 0 aliphatic carbocycles. The molecule has 5 heteroatoms. The number of nitrogens with zero attached hydrogens (tertiary/aromatic N) is 2. The SMILES string of the molecule is CN1C(=O)CCC1C(=O)N1CC=C(c2ccc(F)cc2)C1. The monoisotopic (exact) mass is 288 g/mol. The van der Waals surface area contributed by atoms with Crippen LogP contribution in [-0.2, 0) is 9.59 Å². The molecule has 0 spiro atoms. The highest BCUT2D eigenvalue weighted by atomic mass is 19.1. The first-order chi connectivity index (χ1) is 10.1. The topological polar surface area (TPSA) is 40.6 Å². The third-order valence-corrected chi connectivity index (χ3v) is 4.22. The van der Waals surface area contributed by atoms with Crippen molar-refractivity contribution in [3.05, 3.63) is 41.7 Å². The van der Waals surface area contributed by atoms with Gasteiger partial charge in [-0.1, -0.05) is 18.2 Å². The molecule has 21 heavy (non-hydrogen) atoms. The molecular formula is C16H17FN2O2. The highest BCUT2D eigenvalue weighted by molar-refractivity contribution is 5.92. The number of hydrogen-bond donors (Lipinski definition) is 0. The minimum atomic E-state index is -0.335. The minimum Gasteiger partial charge on any atom is -0.334 e. The quantitative estimate of drug-likeness (QED) is 0.830. The van der Waals surface area contributed by atoms with Crippen LogP contribution in [-0.4, -0.2) is 47.8 Å². The minimum absolute atomic E-state index is 0.00304. The number of likely N-dealkylation sites (N-methyl/N-ethyl adjacent to an activating group) is 1. The van der Waals surface area contributed by atoms with Gasteiger partial charge in [-0.25, -0.2) is 4.39 Å². The number of carbonyl (C=O) groups is 2.